The fourth-order valence-corrected chi connectivity index (χ4v) is 2.73. The second-order valence-electron chi connectivity index (χ2n) is 5.73. The van der Waals surface area contributed by atoms with Crippen LogP contribution in [0.5, 0.6) is 0 Å². The van der Waals surface area contributed by atoms with Crippen molar-refractivity contribution in [1.29, 1.82) is 0 Å². The van der Waals surface area contributed by atoms with Gasteiger partial charge >= 0.3 is 6.03 Å². The smallest absolute Gasteiger partial charge is 0.317 e. The van der Waals surface area contributed by atoms with Crippen LogP contribution in [0.1, 0.15) is 17.5 Å². The van der Waals surface area contributed by atoms with Crippen LogP contribution < -0.4 is 10.6 Å². The molecule has 2 rings (SSSR count). The maximum Gasteiger partial charge on any atom is 0.317 e. The third kappa shape index (κ3) is 6.97. The normalized spacial score (nSPS) is 10.2. The summed E-state index contributed by atoms with van der Waals surface area (Å²) in [6.07, 6.45) is 0.249. The quantitative estimate of drug-likeness (QED) is 0.744. The zero-order valence-corrected chi connectivity index (χ0v) is 15.8. The van der Waals surface area contributed by atoms with E-state index >= 15 is 0 Å². The molecule has 2 aromatic rings. The summed E-state index contributed by atoms with van der Waals surface area (Å²) in [6, 6.07) is 17.3. The maximum atomic E-state index is 12.0. The number of amides is 3. The molecule has 0 aliphatic carbocycles. The molecule has 0 bridgehead atoms. The Balaban J connectivity index is 1.65. The summed E-state index contributed by atoms with van der Waals surface area (Å²) in [5.41, 5.74) is 2.08. The van der Waals surface area contributed by atoms with Gasteiger partial charge < -0.3 is 15.5 Å². The molecule has 0 atom stereocenters. The number of halogens is 1. The van der Waals surface area contributed by atoms with Gasteiger partial charge in [0.2, 0.25) is 5.91 Å². The van der Waals surface area contributed by atoms with E-state index in [2.05, 4.69) is 26.6 Å². The van der Waals surface area contributed by atoms with E-state index in [9.17, 15) is 9.59 Å². The average molecular weight is 404 g/mol. The predicted octanol–water partition coefficient (Wildman–Crippen LogP) is 3.30. The number of hydrogen-bond acceptors (Lipinski definition) is 2. The number of nitrogens with zero attached hydrogens (tertiary/aromatic N) is 1. The Morgan fingerprint density at radius 3 is 2.44 bits per heavy atom. The van der Waals surface area contributed by atoms with Crippen molar-refractivity contribution in [2.45, 2.75) is 19.5 Å². The lowest BCUT2D eigenvalue weighted by Crippen LogP contribution is -2.38. The topological polar surface area (TPSA) is 61.4 Å². The first-order chi connectivity index (χ1) is 12.0. The van der Waals surface area contributed by atoms with Crippen molar-refractivity contribution in [2.75, 3.05) is 13.6 Å². The molecule has 0 aliphatic rings. The van der Waals surface area contributed by atoms with Crippen LogP contribution in [-0.4, -0.2) is 30.4 Å². The van der Waals surface area contributed by atoms with Gasteiger partial charge in [0, 0.05) is 37.6 Å². The lowest BCUT2D eigenvalue weighted by molar-refractivity contribution is -0.121. The van der Waals surface area contributed by atoms with Gasteiger partial charge in [-0.1, -0.05) is 58.4 Å². The molecule has 132 valence electrons. The molecule has 25 heavy (non-hydrogen) atoms. The summed E-state index contributed by atoms with van der Waals surface area (Å²) in [7, 11) is 1.73. The average Bonchev–Trinajstić information content (AvgIpc) is 2.61. The van der Waals surface area contributed by atoms with E-state index in [0.717, 1.165) is 15.6 Å². The second-order valence-corrected chi connectivity index (χ2v) is 6.65. The molecule has 3 amide bonds. The molecular formula is C19H22BrN3O2. The minimum Gasteiger partial charge on any atom is -0.352 e. The molecule has 0 radical (unpaired) electrons. The van der Waals surface area contributed by atoms with Crippen LogP contribution in [0.4, 0.5) is 4.79 Å². The molecule has 2 N–H and O–H groups in total. The van der Waals surface area contributed by atoms with Crippen molar-refractivity contribution < 1.29 is 9.59 Å². The Hall–Kier alpha value is -2.34. The molecule has 0 heterocycles. The zero-order valence-electron chi connectivity index (χ0n) is 14.2. The largest absolute Gasteiger partial charge is 0.352 e. The lowest BCUT2D eigenvalue weighted by Gasteiger charge is -2.18. The minimum atomic E-state index is -0.191. The molecule has 5 nitrogen and oxygen atoms in total. The first-order valence-electron chi connectivity index (χ1n) is 8.08. The van der Waals surface area contributed by atoms with Gasteiger partial charge in [-0.05, 0) is 23.3 Å². The van der Waals surface area contributed by atoms with Crippen molar-refractivity contribution in [3.8, 4) is 0 Å². The third-order valence-corrected chi connectivity index (χ3v) is 4.11. The third-order valence-electron chi connectivity index (χ3n) is 3.62. The van der Waals surface area contributed by atoms with E-state index < -0.39 is 0 Å². The highest BCUT2D eigenvalue weighted by molar-refractivity contribution is 9.10. The number of urea groups is 1. The number of carbonyl (C=O) groups excluding carboxylic acids is 2. The molecule has 0 saturated heterocycles. The Kier molecular flexibility index (Phi) is 7.47. The zero-order chi connectivity index (χ0) is 18.1. The Bertz CT molecular complexity index is 707. The van der Waals surface area contributed by atoms with Crippen molar-refractivity contribution in [3.05, 3.63) is 70.2 Å². The van der Waals surface area contributed by atoms with Gasteiger partial charge in [-0.3, -0.25) is 4.79 Å². The Morgan fingerprint density at radius 1 is 1.00 bits per heavy atom. The predicted molar refractivity (Wildman–Crippen MR) is 102 cm³/mol. The Labute approximate surface area is 156 Å². The molecule has 0 aliphatic heterocycles. The van der Waals surface area contributed by atoms with Crippen molar-refractivity contribution in [1.82, 2.24) is 15.5 Å². The summed E-state index contributed by atoms with van der Waals surface area (Å²) in [6.45, 7) is 1.31. The van der Waals surface area contributed by atoms with Gasteiger partial charge in [-0.25, -0.2) is 4.79 Å². The van der Waals surface area contributed by atoms with E-state index in [-0.39, 0.29) is 18.4 Å². The highest BCUT2D eigenvalue weighted by Crippen LogP contribution is 2.11. The summed E-state index contributed by atoms with van der Waals surface area (Å²) in [4.78, 5) is 25.5. The molecule has 0 unspecified atom stereocenters. The van der Waals surface area contributed by atoms with Crippen LogP contribution in [0.3, 0.4) is 0 Å². The summed E-state index contributed by atoms with van der Waals surface area (Å²) in [5.74, 6) is -0.0917. The van der Waals surface area contributed by atoms with E-state index in [4.69, 9.17) is 0 Å². The van der Waals surface area contributed by atoms with Crippen molar-refractivity contribution in [2.24, 2.45) is 0 Å². The highest BCUT2D eigenvalue weighted by atomic mass is 79.9. The number of rotatable bonds is 7. The first kappa shape index (κ1) is 19.0. The van der Waals surface area contributed by atoms with Crippen molar-refractivity contribution in [3.63, 3.8) is 0 Å². The fraction of sp³-hybridized carbons (Fsp3) is 0.263. The van der Waals surface area contributed by atoms with E-state index in [1.807, 2.05) is 54.6 Å². The maximum absolute atomic E-state index is 12.0. The van der Waals surface area contributed by atoms with Gasteiger partial charge in [-0.15, -0.1) is 0 Å². The van der Waals surface area contributed by atoms with Crippen LogP contribution >= 0.6 is 15.9 Å². The van der Waals surface area contributed by atoms with E-state index in [1.165, 1.54) is 0 Å². The van der Waals surface area contributed by atoms with Gasteiger partial charge in [0.1, 0.15) is 0 Å². The number of nitrogens with one attached hydrogen (secondary N) is 2. The minimum absolute atomic E-state index is 0.0917. The molecule has 6 heteroatoms. The molecule has 0 saturated carbocycles. The SMILES string of the molecule is CN(Cc1ccccc1)C(=O)NCCC(=O)NCc1cccc(Br)c1. The lowest BCUT2D eigenvalue weighted by atomic mass is 10.2. The Morgan fingerprint density at radius 2 is 1.72 bits per heavy atom. The highest BCUT2D eigenvalue weighted by Gasteiger charge is 2.09. The van der Waals surface area contributed by atoms with Gasteiger partial charge in [0.25, 0.3) is 0 Å². The molecule has 2 aromatic carbocycles. The summed E-state index contributed by atoms with van der Waals surface area (Å²) < 4.78 is 0.980. The van der Waals surface area contributed by atoms with Crippen LogP contribution in [0.25, 0.3) is 0 Å². The number of carbonyl (C=O) groups is 2. The molecule has 0 aromatic heterocycles. The number of hydrogen-bond donors (Lipinski definition) is 2. The standard InChI is InChI=1S/C19H22BrN3O2/c1-23(14-15-6-3-2-4-7-15)19(25)21-11-10-18(24)22-13-16-8-5-9-17(20)12-16/h2-9,12H,10-11,13-14H2,1H3,(H,21,25)(H,22,24). The van der Waals surface area contributed by atoms with Gasteiger partial charge in [0.15, 0.2) is 0 Å². The summed E-state index contributed by atoms with van der Waals surface area (Å²) in [5, 5.41) is 5.60. The van der Waals surface area contributed by atoms with Gasteiger partial charge in [0.05, 0.1) is 0 Å². The second kappa shape index (κ2) is 9.84. The van der Waals surface area contributed by atoms with Crippen LogP contribution in [-0.2, 0) is 17.9 Å². The monoisotopic (exact) mass is 403 g/mol. The van der Waals surface area contributed by atoms with E-state index in [0.29, 0.717) is 19.6 Å². The fourth-order valence-electron chi connectivity index (χ4n) is 2.28. The summed E-state index contributed by atoms with van der Waals surface area (Å²) >= 11 is 3.40. The van der Waals surface area contributed by atoms with Gasteiger partial charge in [-0.2, -0.15) is 0 Å². The first-order valence-corrected chi connectivity index (χ1v) is 8.88. The molecule has 0 fully saturated rings. The van der Waals surface area contributed by atoms with E-state index in [1.54, 1.807) is 11.9 Å². The molecule has 0 spiro atoms. The van der Waals surface area contributed by atoms with Crippen LogP contribution in [0.15, 0.2) is 59.1 Å². The molecular weight excluding hydrogens is 382 g/mol. The van der Waals surface area contributed by atoms with Crippen LogP contribution in [0.2, 0.25) is 0 Å². The van der Waals surface area contributed by atoms with Crippen LogP contribution in [0, 0.1) is 0 Å². The van der Waals surface area contributed by atoms with Crippen molar-refractivity contribution >= 4 is 27.9 Å². The number of benzene rings is 2.